The molecule has 12 heavy (non-hydrogen) atoms. The van der Waals surface area contributed by atoms with Gasteiger partial charge in [0.2, 0.25) is 0 Å². The zero-order valence-corrected chi connectivity index (χ0v) is 8.47. The van der Waals surface area contributed by atoms with Crippen LogP contribution < -0.4 is 5.32 Å². The molecule has 0 aromatic carbocycles. The minimum absolute atomic E-state index is 1.07. The zero-order chi connectivity index (χ0) is 8.81. The summed E-state index contributed by atoms with van der Waals surface area (Å²) in [4.78, 5) is 2.59. The van der Waals surface area contributed by atoms with E-state index in [0.29, 0.717) is 0 Å². The molecule has 0 unspecified atom stereocenters. The van der Waals surface area contributed by atoms with Crippen molar-refractivity contribution in [2.75, 3.05) is 32.7 Å². The van der Waals surface area contributed by atoms with Crippen LogP contribution in [0, 0.1) is 5.92 Å². The Kier molecular flexibility index (Phi) is 4.62. The highest BCUT2D eigenvalue weighted by Crippen LogP contribution is 2.29. The monoisotopic (exact) mass is 170 g/mol. The number of piperazine rings is 1. The third-order valence-electron chi connectivity index (χ3n) is 2.42. The quantitative estimate of drug-likeness (QED) is 0.672. The summed E-state index contributed by atoms with van der Waals surface area (Å²) in [5.41, 5.74) is 0. The molecule has 0 amide bonds. The molecule has 1 aliphatic carbocycles. The van der Waals surface area contributed by atoms with E-state index >= 15 is 0 Å². The van der Waals surface area contributed by atoms with Gasteiger partial charge in [-0.05, 0) is 18.8 Å². The van der Waals surface area contributed by atoms with Gasteiger partial charge in [-0.2, -0.15) is 0 Å². The van der Waals surface area contributed by atoms with Crippen LogP contribution in [-0.2, 0) is 0 Å². The van der Waals surface area contributed by atoms with Crippen LogP contribution in [0.15, 0.2) is 0 Å². The van der Waals surface area contributed by atoms with E-state index in [9.17, 15) is 0 Å². The predicted octanol–water partition coefficient (Wildman–Crippen LogP) is 1.33. The SMILES string of the molecule is C1CN(CC2CC2)CCN1.CC. The summed E-state index contributed by atoms with van der Waals surface area (Å²) >= 11 is 0. The molecule has 2 fully saturated rings. The van der Waals surface area contributed by atoms with Gasteiger partial charge in [0.15, 0.2) is 0 Å². The summed E-state index contributed by atoms with van der Waals surface area (Å²) in [6.45, 7) is 10.3. The van der Waals surface area contributed by atoms with Crippen LogP contribution in [0.25, 0.3) is 0 Å². The second-order valence-electron chi connectivity index (χ2n) is 3.49. The molecule has 0 spiro atoms. The van der Waals surface area contributed by atoms with Crippen LogP contribution >= 0.6 is 0 Å². The average molecular weight is 170 g/mol. The van der Waals surface area contributed by atoms with Crippen molar-refractivity contribution in [1.29, 1.82) is 0 Å². The lowest BCUT2D eigenvalue weighted by atomic mass is 10.3. The molecule has 2 heteroatoms. The highest BCUT2D eigenvalue weighted by atomic mass is 15.2. The van der Waals surface area contributed by atoms with Gasteiger partial charge in [-0.3, -0.25) is 0 Å². The minimum atomic E-state index is 1.07. The Morgan fingerprint density at radius 2 is 1.75 bits per heavy atom. The van der Waals surface area contributed by atoms with Crippen LogP contribution in [0.3, 0.4) is 0 Å². The molecule has 2 nitrogen and oxygen atoms in total. The van der Waals surface area contributed by atoms with Gasteiger partial charge in [0.25, 0.3) is 0 Å². The summed E-state index contributed by atoms with van der Waals surface area (Å²) in [5.74, 6) is 1.07. The fourth-order valence-electron chi connectivity index (χ4n) is 1.56. The van der Waals surface area contributed by atoms with E-state index in [0.717, 1.165) is 5.92 Å². The maximum atomic E-state index is 3.37. The molecule has 1 saturated heterocycles. The van der Waals surface area contributed by atoms with Crippen molar-refractivity contribution in [2.45, 2.75) is 26.7 Å². The smallest absolute Gasteiger partial charge is 0.0107 e. The van der Waals surface area contributed by atoms with Gasteiger partial charge in [0, 0.05) is 32.7 Å². The lowest BCUT2D eigenvalue weighted by Gasteiger charge is -2.26. The van der Waals surface area contributed by atoms with Crippen molar-refractivity contribution in [3.8, 4) is 0 Å². The Balaban J connectivity index is 0.000000336. The molecule has 0 atom stereocenters. The second kappa shape index (κ2) is 5.55. The van der Waals surface area contributed by atoms with Gasteiger partial charge >= 0.3 is 0 Å². The van der Waals surface area contributed by atoms with E-state index in [4.69, 9.17) is 0 Å². The Labute approximate surface area is 76.3 Å². The molecule has 1 heterocycles. The molecule has 2 rings (SSSR count). The highest BCUT2D eigenvalue weighted by molar-refractivity contribution is 4.79. The molecule has 0 bridgehead atoms. The third-order valence-corrected chi connectivity index (χ3v) is 2.42. The number of rotatable bonds is 2. The molecule has 1 N–H and O–H groups in total. The van der Waals surface area contributed by atoms with Gasteiger partial charge in [0.1, 0.15) is 0 Å². The van der Waals surface area contributed by atoms with Crippen molar-refractivity contribution < 1.29 is 0 Å². The molecule has 0 radical (unpaired) electrons. The minimum Gasteiger partial charge on any atom is -0.314 e. The first-order valence-electron chi connectivity index (χ1n) is 5.38. The van der Waals surface area contributed by atoms with Crippen molar-refractivity contribution in [3.63, 3.8) is 0 Å². The number of hydrogen-bond donors (Lipinski definition) is 1. The molecule has 0 aromatic rings. The van der Waals surface area contributed by atoms with E-state index in [-0.39, 0.29) is 0 Å². The fourth-order valence-corrected chi connectivity index (χ4v) is 1.56. The molecule has 0 aromatic heterocycles. The molecular weight excluding hydrogens is 148 g/mol. The number of nitrogens with zero attached hydrogens (tertiary/aromatic N) is 1. The summed E-state index contributed by atoms with van der Waals surface area (Å²) in [7, 11) is 0. The Bertz CT molecular complexity index is 104. The summed E-state index contributed by atoms with van der Waals surface area (Å²) in [6.07, 6.45) is 2.98. The van der Waals surface area contributed by atoms with Gasteiger partial charge in [-0.1, -0.05) is 13.8 Å². The van der Waals surface area contributed by atoms with Crippen LogP contribution in [0.1, 0.15) is 26.7 Å². The Morgan fingerprint density at radius 3 is 2.25 bits per heavy atom. The van der Waals surface area contributed by atoms with Crippen molar-refractivity contribution in [1.82, 2.24) is 10.2 Å². The third kappa shape index (κ3) is 3.55. The Morgan fingerprint density at radius 1 is 1.17 bits per heavy atom. The van der Waals surface area contributed by atoms with E-state index in [1.807, 2.05) is 13.8 Å². The molecule has 2 aliphatic rings. The van der Waals surface area contributed by atoms with Gasteiger partial charge in [0.05, 0.1) is 0 Å². The first-order valence-corrected chi connectivity index (χ1v) is 5.38. The van der Waals surface area contributed by atoms with Crippen molar-refractivity contribution >= 4 is 0 Å². The standard InChI is InChI=1S/C8H16N2.C2H6/c1-2-8(1)7-10-5-3-9-4-6-10;1-2/h8-9H,1-7H2;1-2H3. The van der Waals surface area contributed by atoms with Crippen LogP contribution in [0.4, 0.5) is 0 Å². The average Bonchev–Trinajstić information content (AvgIpc) is 2.94. The fraction of sp³-hybridized carbons (Fsp3) is 1.00. The first-order chi connectivity index (χ1) is 5.95. The van der Waals surface area contributed by atoms with Crippen LogP contribution in [0.5, 0.6) is 0 Å². The lowest BCUT2D eigenvalue weighted by molar-refractivity contribution is 0.232. The van der Waals surface area contributed by atoms with Gasteiger partial charge < -0.3 is 10.2 Å². The Hall–Kier alpha value is -0.0800. The van der Waals surface area contributed by atoms with E-state index in [2.05, 4.69) is 10.2 Å². The van der Waals surface area contributed by atoms with Crippen LogP contribution in [-0.4, -0.2) is 37.6 Å². The van der Waals surface area contributed by atoms with E-state index in [1.165, 1.54) is 45.6 Å². The van der Waals surface area contributed by atoms with E-state index in [1.54, 1.807) is 0 Å². The normalized spacial score (nSPS) is 24.5. The molecular formula is C10H22N2. The van der Waals surface area contributed by atoms with Crippen molar-refractivity contribution in [2.24, 2.45) is 5.92 Å². The number of nitrogens with one attached hydrogen (secondary N) is 1. The van der Waals surface area contributed by atoms with Gasteiger partial charge in [-0.25, -0.2) is 0 Å². The van der Waals surface area contributed by atoms with Crippen molar-refractivity contribution in [3.05, 3.63) is 0 Å². The van der Waals surface area contributed by atoms with Crippen LogP contribution in [0.2, 0.25) is 0 Å². The number of hydrogen-bond acceptors (Lipinski definition) is 2. The molecule has 72 valence electrons. The van der Waals surface area contributed by atoms with E-state index < -0.39 is 0 Å². The predicted molar refractivity (Wildman–Crippen MR) is 53.4 cm³/mol. The summed E-state index contributed by atoms with van der Waals surface area (Å²) in [6, 6.07) is 0. The maximum absolute atomic E-state index is 3.37. The zero-order valence-electron chi connectivity index (χ0n) is 8.47. The second-order valence-corrected chi connectivity index (χ2v) is 3.49. The largest absolute Gasteiger partial charge is 0.314 e. The molecule has 1 aliphatic heterocycles. The highest BCUT2D eigenvalue weighted by Gasteiger charge is 2.24. The first kappa shape index (κ1) is 10.0. The molecule has 1 saturated carbocycles. The van der Waals surface area contributed by atoms with Gasteiger partial charge in [-0.15, -0.1) is 0 Å². The topological polar surface area (TPSA) is 15.3 Å². The lowest BCUT2D eigenvalue weighted by Crippen LogP contribution is -2.44. The maximum Gasteiger partial charge on any atom is 0.0107 e. The summed E-state index contributed by atoms with van der Waals surface area (Å²) < 4.78 is 0. The summed E-state index contributed by atoms with van der Waals surface area (Å²) in [5, 5.41) is 3.37.